The highest BCUT2D eigenvalue weighted by Crippen LogP contribution is 2.45. The molecule has 3 aromatic carbocycles. The van der Waals surface area contributed by atoms with Crippen LogP contribution in [0.5, 0.6) is 5.75 Å². The van der Waals surface area contributed by atoms with Crippen LogP contribution in [-0.2, 0) is 13.6 Å². The molecule has 1 aliphatic heterocycles. The van der Waals surface area contributed by atoms with Gasteiger partial charge in [0, 0.05) is 52.6 Å². The second kappa shape index (κ2) is 6.84. The van der Waals surface area contributed by atoms with Crippen molar-refractivity contribution in [3.63, 3.8) is 0 Å². The Morgan fingerprint density at radius 2 is 1.70 bits per heavy atom. The van der Waals surface area contributed by atoms with Gasteiger partial charge < -0.3 is 13.9 Å². The van der Waals surface area contributed by atoms with Crippen molar-refractivity contribution in [3.05, 3.63) is 53.6 Å². The molecule has 162 valence electrons. The molecule has 0 aliphatic carbocycles. The van der Waals surface area contributed by atoms with E-state index in [1.165, 1.54) is 0 Å². The number of benzene rings is 3. The van der Waals surface area contributed by atoms with Crippen LogP contribution in [0.3, 0.4) is 0 Å². The number of fused-ring (bicyclic) bond motifs is 10. The number of nitrogens with zero attached hydrogens (tertiary/aromatic N) is 3. The largest absolute Gasteiger partial charge is 0.497 e. The van der Waals surface area contributed by atoms with Crippen molar-refractivity contribution < 1.29 is 14.3 Å². The molecule has 0 saturated carbocycles. The average Bonchev–Trinajstić information content (AvgIpc) is 3.41. The van der Waals surface area contributed by atoms with Gasteiger partial charge in [-0.1, -0.05) is 18.2 Å². The quantitative estimate of drug-likeness (QED) is 0.328. The van der Waals surface area contributed by atoms with Crippen LogP contribution in [0, 0.1) is 11.3 Å². The van der Waals surface area contributed by atoms with E-state index in [0.717, 1.165) is 43.6 Å². The Labute approximate surface area is 188 Å². The number of aromatic nitrogens is 2. The van der Waals surface area contributed by atoms with Crippen LogP contribution in [0.4, 0.5) is 0 Å². The number of carbonyl (C=O) groups is 2. The predicted octanol–water partition coefficient (Wildman–Crippen LogP) is 4.64. The van der Waals surface area contributed by atoms with E-state index < -0.39 is 0 Å². The molecule has 1 aliphatic rings. The fourth-order valence-electron chi connectivity index (χ4n) is 5.36. The number of methoxy groups -OCH3 is 1. The number of nitrogens with one attached hydrogen (secondary N) is 1. The maximum absolute atomic E-state index is 13.1. The normalized spacial score (nSPS) is 13.2. The fraction of sp³-hybridized carbons (Fsp3) is 0.192. The molecule has 7 heteroatoms. The van der Waals surface area contributed by atoms with Crippen molar-refractivity contribution in [2.24, 2.45) is 7.05 Å². The molecule has 0 radical (unpaired) electrons. The summed E-state index contributed by atoms with van der Waals surface area (Å²) in [4.78, 5) is 26.2. The van der Waals surface area contributed by atoms with E-state index >= 15 is 0 Å². The smallest absolute Gasteiger partial charge is 0.259 e. The van der Waals surface area contributed by atoms with Gasteiger partial charge >= 0.3 is 0 Å². The Bertz CT molecular complexity index is 1720. The van der Waals surface area contributed by atoms with E-state index in [9.17, 15) is 9.59 Å². The van der Waals surface area contributed by atoms with Crippen LogP contribution in [0.25, 0.3) is 43.6 Å². The third kappa shape index (κ3) is 2.43. The van der Waals surface area contributed by atoms with E-state index in [2.05, 4.69) is 20.5 Å². The molecule has 2 amide bonds. The van der Waals surface area contributed by atoms with E-state index in [0.29, 0.717) is 36.3 Å². The molecule has 5 aromatic rings. The van der Waals surface area contributed by atoms with Gasteiger partial charge in [0.25, 0.3) is 11.8 Å². The summed E-state index contributed by atoms with van der Waals surface area (Å²) >= 11 is 0. The highest BCUT2D eigenvalue weighted by atomic mass is 16.5. The molecule has 7 nitrogen and oxygen atoms in total. The van der Waals surface area contributed by atoms with Crippen molar-refractivity contribution in [2.75, 3.05) is 7.11 Å². The lowest BCUT2D eigenvalue weighted by Crippen LogP contribution is -2.20. The van der Waals surface area contributed by atoms with Gasteiger partial charge in [0.2, 0.25) is 0 Å². The first-order valence-corrected chi connectivity index (χ1v) is 10.8. The van der Waals surface area contributed by atoms with Gasteiger partial charge in [-0.3, -0.25) is 14.9 Å². The first kappa shape index (κ1) is 19.4. The number of ether oxygens (including phenoxy) is 1. The van der Waals surface area contributed by atoms with Gasteiger partial charge in [0.1, 0.15) is 5.75 Å². The third-order valence-corrected chi connectivity index (χ3v) is 6.70. The lowest BCUT2D eigenvalue weighted by Gasteiger charge is -2.10. The first-order valence-electron chi connectivity index (χ1n) is 10.8. The molecule has 33 heavy (non-hydrogen) atoms. The lowest BCUT2D eigenvalue weighted by atomic mass is 9.96. The summed E-state index contributed by atoms with van der Waals surface area (Å²) < 4.78 is 9.76. The van der Waals surface area contributed by atoms with Crippen molar-refractivity contribution >= 4 is 55.4 Å². The van der Waals surface area contributed by atoms with Crippen LogP contribution in [0.15, 0.2) is 42.5 Å². The van der Waals surface area contributed by atoms with E-state index in [4.69, 9.17) is 10.00 Å². The Morgan fingerprint density at radius 1 is 0.970 bits per heavy atom. The number of aryl methyl sites for hydroxylation is 2. The summed E-state index contributed by atoms with van der Waals surface area (Å²) in [6, 6.07) is 15.9. The number of amides is 2. The van der Waals surface area contributed by atoms with Crippen molar-refractivity contribution in [2.45, 2.75) is 19.4 Å². The fourth-order valence-corrected chi connectivity index (χ4v) is 5.36. The van der Waals surface area contributed by atoms with E-state index in [1.54, 1.807) is 7.11 Å². The summed E-state index contributed by atoms with van der Waals surface area (Å²) in [5.74, 6) is -0.0746. The number of para-hydroxylation sites is 1. The number of imide groups is 1. The van der Waals surface area contributed by atoms with Gasteiger partial charge in [-0.05, 0) is 30.7 Å². The zero-order valence-electron chi connectivity index (χ0n) is 18.2. The van der Waals surface area contributed by atoms with Crippen molar-refractivity contribution in [1.29, 1.82) is 5.26 Å². The molecule has 0 spiro atoms. The summed E-state index contributed by atoms with van der Waals surface area (Å²) in [5.41, 5.74) is 4.57. The maximum atomic E-state index is 13.1. The van der Waals surface area contributed by atoms with Crippen molar-refractivity contribution in [1.82, 2.24) is 14.5 Å². The molecule has 0 saturated heterocycles. The number of rotatable bonds is 4. The molecule has 0 fully saturated rings. The van der Waals surface area contributed by atoms with Crippen LogP contribution < -0.4 is 10.1 Å². The van der Waals surface area contributed by atoms with Gasteiger partial charge in [-0.15, -0.1) is 0 Å². The standard InChI is InChI=1S/C26H20N4O3/c1-29-17-8-4-3-7-15(17)19-21-22(26(32)28-25(21)31)20-16-13-14(33-2)9-10-18(16)30(12-6-5-11-27)24(20)23(19)29/h3-4,7-10,13H,5-6,12H2,1-2H3,(H,28,31,32). The van der Waals surface area contributed by atoms with Crippen LogP contribution in [0.2, 0.25) is 0 Å². The van der Waals surface area contributed by atoms with Crippen LogP contribution in [-0.4, -0.2) is 28.1 Å². The van der Waals surface area contributed by atoms with Gasteiger partial charge in [0.05, 0.1) is 35.3 Å². The Hall–Kier alpha value is -4.31. The highest BCUT2D eigenvalue weighted by molar-refractivity contribution is 6.39. The summed E-state index contributed by atoms with van der Waals surface area (Å²) in [7, 11) is 3.60. The second-order valence-electron chi connectivity index (χ2n) is 8.35. The summed E-state index contributed by atoms with van der Waals surface area (Å²) in [5, 5.41) is 15.0. The summed E-state index contributed by atoms with van der Waals surface area (Å²) in [6.07, 6.45) is 1.11. The number of hydrogen-bond acceptors (Lipinski definition) is 4. The molecule has 0 bridgehead atoms. The molecule has 0 atom stereocenters. The Kier molecular flexibility index (Phi) is 4.02. The predicted molar refractivity (Wildman–Crippen MR) is 127 cm³/mol. The van der Waals surface area contributed by atoms with Gasteiger partial charge in [-0.25, -0.2) is 0 Å². The average molecular weight is 436 g/mol. The Balaban J connectivity index is 1.93. The monoisotopic (exact) mass is 436 g/mol. The topological polar surface area (TPSA) is 89.0 Å². The van der Waals surface area contributed by atoms with E-state index in [1.807, 2.05) is 49.5 Å². The van der Waals surface area contributed by atoms with Crippen LogP contribution >= 0.6 is 0 Å². The SMILES string of the molecule is COc1ccc2c(c1)c1c3c(c4c5ccccc5n(C)c4c1n2CCCC#N)C(=O)NC3=O. The molecule has 3 heterocycles. The molecule has 6 rings (SSSR count). The van der Waals surface area contributed by atoms with Gasteiger partial charge in [-0.2, -0.15) is 5.26 Å². The van der Waals surface area contributed by atoms with E-state index in [-0.39, 0.29) is 11.8 Å². The zero-order valence-corrected chi connectivity index (χ0v) is 18.2. The van der Waals surface area contributed by atoms with Crippen LogP contribution in [0.1, 0.15) is 33.6 Å². The molecule has 1 N–H and O–H groups in total. The minimum Gasteiger partial charge on any atom is -0.497 e. The van der Waals surface area contributed by atoms with Crippen molar-refractivity contribution in [3.8, 4) is 11.8 Å². The molecule has 2 aromatic heterocycles. The Morgan fingerprint density at radius 3 is 2.42 bits per heavy atom. The number of hydrogen-bond donors (Lipinski definition) is 1. The lowest BCUT2D eigenvalue weighted by molar-refractivity contribution is 0.0880. The minimum atomic E-state index is -0.381. The zero-order chi connectivity index (χ0) is 22.9. The van der Waals surface area contributed by atoms with Gasteiger partial charge in [0.15, 0.2) is 0 Å². The minimum absolute atomic E-state index is 0.369. The summed E-state index contributed by atoms with van der Waals surface area (Å²) in [6.45, 7) is 0.616. The highest BCUT2D eigenvalue weighted by Gasteiger charge is 2.36. The number of unbranched alkanes of at least 4 members (excludes halogenated alkanes) is 1. The molecular weight excluding hydrogens is 416 g/mol. The third-order valence-electron chi connectivity index (χ3n) is 6.70. The maximum Gasteiger partial charge on any atom is 0.259 e. The second-order valence-corrected chi connectivity index (χ2v) is 8.35. The molecular formula is C26H20N4O3. The first-order chi connectivity index (χ1) is 16.1. The molecule has 0 unspecified atom stereocenters. The number of nitriles is 1. The number of carbonyl (C=O) groups excluding carboxylic acids is 2.